The first-order valence-electron chi connectivity index (χ1n) is 11.2. The molecule has 3 aromatic rings. The normalized spacial score (nSPS) is 16.5. The molecule has 4 rings (SSSR count). The van der Waals surface area contributed by atoms with E-state index in [1.54, 1.807) is 34.0 Å². The molecule has 7 nitrogen and oxygen atoms in total. The first-order valence-corrected chi connectivity index (χ1v) is 11.2. The second kappa shape index (κ2) is 10.4. The number of hydrogen-bond donors (Lipinski definition) is 2. The van der Waals surface area contributed by atoms with Crippen molar-refractivity contribution in [1.82, 2.24) is 20.0 Å². The van der Waals surface area contributed by atoms with Crippen molar-refractivity contribution in [3.63, 3.8) is 0 Å². The minimum absolute atomic E-state index is 0.0734. The molecule has 33 heavy (non-hydrogen) atoms. The van der Waals surface area contributed by atoms with Crippen molar-refractivity contribution < 1.29 is 14.0 Å². The molecule has 1 aromatic heterocycles. The van der Waals surface area contributed by atoms with Gasteiger partial charge in [0, 0.05) is 37.9 Å². The van der Waals surface area contributed by atoms with Crippen molar-refractivity contribution in [2.75, 3.05) is 6.54 Å². The lowest BCUT2D eigenvalue weighted by molar-refractivity contribution is -0.138. The van der Waals surface area contributed by atoms with E-state index in [-0.39, 0.29) is 30.5 Å². The lowest BCUT2D eigenvalue weighted by Crippen LogP contribution is -2.47. The zero-order chi connectivity index (χ0) is 23.2. The Bertz CT molecular complexity index is 1100. The van der Waals surface area contributed by atoms with E-state index < -0.39 is 12.1 Å². The first kappa shape index (κ1) is 22.7. The summed E-state index contributed by atoms with van der Waals surface area (Å²) in [6.07, 6.45) is 5.30. The SMILES string of the molecule is N[C@@H](CC(=O)N1CCC[C@H]1C(=O)NCc1cccc(-n2cccn2)c1)Cc1ccccc1F. The van der Waals surface area contributed by atoms with E-state index in [0.717, 1.165) is 17.7 Å². The third-order valence-corrected chi connectivity index (χ3v) is 5.90. The zero-order valence-corrected chi connectivity index (χ0v) is 18.4. The van der Waals surface area contributed by atoms with Crippen molar-refractivity contribution >= 4 is 11.8 Å². The highest BCUT2D eigenvalue weighted by Crippen LogP contribution is 2.20. The quantitative estimate of drug-likeness (QED) is 0.553. The van der Waals surface area contributed by atoms with Gasteiger partial charge in [-0.15, -0.1) is 0 Å². The van der Waals surface area contributed by atoms with Crippen LogP contribution in [0.15, 0.2) is 67.0 Å². The van der Waals surface area contributed by atoms with Crippen molar-refractivity contribution in [2.45, 2.75) is 44.3 Å². The van der Waals surface area contributed by atoms with Gasteiger partial charge in [0.1, 0.15) is 11.9 Å². The lowest BCUT2D eigenvalue weighted by atomic mass is 10.0. The van der Waals surface area contributed by atoms with Crippen LogP contribution in [-0.2, 0) is 22.6 Å². The van der Waals surface area contributed by atoms with Gasteiger partial charge in [0.2, 0.25) is 11.8 Å². The minimum atomic E-state index is -0.510. The van der Waals surface area contributed by atoms with Crippen molar-refractivity contribution in [3.8, 4) is 5.69 Å². The maximum atomic E-state index is 13.9. The fourth-order valence-electron chi connectivity index (χ4n) is 4.24. The van der Waals surface area contributed by atoms with Crippen LogP contribution in [0.25, 0.3) is 5.69 Å². The molecule has 2 amide bonds. The Hall–Kier alpha value is -3.52. The van der Waals surface area contributed by atoms with Gasteiger partial charge < -0.3 is 16.0 Å². The molecule has 2 aromatic carbocycles. The maximum Gasteiger partial charge on any atom is 0.243 e. The average Bonchev–Trinajstić information content (AvgIpc) is 3.52. The molecule has 8 heteroatoms. The molecule has 3 N–H and O–H groups in total. The highest BCUT2D eigenvalue weighted by atomic mass is 19.1. The van der Waals surface area contributed by atoms with Crippen LogP contribution in [0.4, 0.5) is 4.39 Å². The molecule has 0 saturated carbocycles. The summed E-state index contributed by atoms with van der Waals surface area (Å²) < 4.78 is 15.6. The first-order chi connectivity index (χ1) is 16.0. The second-order valence-corrected chi connectivity index (χ2v) is 8.34. The molecule has 1 fully saturated rings. The van der Waals surface area contributed by atoms with Gasteiger partial charge in [-0.2, -0.15) is 5.10 Å². The number of amides is 2. The fourth-order valence-corrected chi connectivity index (χ4v) is 4.24. The zero-order valence-electron chi connectivity index (χ0n) is 18.4. The second-order valence-electron chi connectivity index (χ2n) is 8.34. The Labute approximate surface area is 192 Å². The number of carbonyl (C=O) groups excluding carboxylic acids is 2. The molecule has 1 saturated heterocycles. The van der Waals surface area contributed by atoms with Crippen LogP contribution in [0.3, 0.4) is 0 Å². The molecule has 1 aliphatic heterocycles. The van der Waals surface area contributed by atoms with Crippen LogP contribution >= 0.6 is 0 Å². The van der Waals surface area contributed by atoms with Gasteiger partial charge in [-0.05, 0) is 54.7 Å². The van der Waals surface area contributed by atoms with Crippen LogP contribution in [0.2, 0.25) is 0 Å². The summed E-state index contributed by atoms with van der Waals surface area (Å²) in [5.74, 6) is -0.666. The average molecular weight is 450 g/mol. The number of likely N-dealkylation sites (tertiary alicyclic amines) is 1. The molecule has 0 radical (unpaired) electrons. The van der Waals surface area contributed by atoms with Crippen molar-refractivity contribution in [1.29, 1.82) is 0 Å². The summed E-state index contributed by atoms with van der Waals surface area (Å²) in [4.78, 5) is 27.3. The number of aromatic nitrogens is 2. The van der Waals surface area contributed by atoms with Crippen LogP contribution in [-0.4, -0.2) is 45.1 Å². The van der Waals surface area contributed by atoms with E-state index in [1.165, 1.54) is 6.07 Å². The topological polar surface area (TPSA) is 93.3 Å². The van der Waals surface area contributed by atoms with E-state index in [1.807, 2.05) is 36.5 Å². The molecule has 0 spiro atoms. The Morgan fingerprint density at radius 2 is 2.03 bits per heavy atom. The minimum Gasteiger partial charge on any atom is -0.350 e. The summed E-state index contributed by atoms with van der Waals surface area (Å²) in [5.41, 5.74) is 8.48. The van der Waals surface area contributed by atoms with Gasteiger partial charge in [-0.25, -0.2) is 9.07 Å². The monoisotopic (exact) mass is 449 g/mol. The van der Waals surface area contributed by atoms with Crippen LogP contribution in [0, 0.1) is 5.82 Å². The summed E-state index contributed by atoms with van der Waals surface area (Å²) in [6, 6.07) is 15.0. The van der Waals surface area contributed by atoms with Crippen molar-refractivity contribution in [3.05, 3.63) is 83.9 Å². The third kappa shape index (κ3) is 5.64. The van der Waals surface area contributed by atoms with Crippen molar-refractivity contribution in [2.24, 2.45) is 5.73 Å². The molecular weight excluding hydrogens is 421 g/mol. The van der Waals surface area contributed by atoms with Gasteiger partial charge in [0.15, 0.2) is 0 Å². The highest BCUT2D eigenvalue weighted by molar-refractivity contribution is 5.88. The smallest absolute Gasteiger partial charge is 0.243 e. The number of nitrogens with zero attached hydrogens (tertiary/aromatic N) is 3. The van der Waals surface area contributed by atoms with Crippen LogP contribution in [0.1, 0.15) is 30.4 Å². The third-order valence-electron chi connectivity index (χ3n) is 5.90. The van der Waals surface area contributed by atoms with Crippen LogP contribution in [0.5, 0.6) is 0 Å². The summed E-state index contributed by atoms with van der Waals surface area (Å²) in [7, 11) is 0. The predicted octanol–water partition coefficient (Wildman–Crippen LogP) is 2.58. The maximum absolute atomic E-state index is 13.9. The largest absolute Gasteiger partial charge is 0.350 e. The molecule has 2 atom stereocenters. The molecule has 1 aliphatic rings. The standard InChI is InChI=1S/C25H28FN5O2/c26-22-9-2-1-7-19(22)15-20(27)16-24(32)30-12-4-10-23(30)25(33)28-17-18-6-3-8-21(14-18)31-13-5-11-29-31/h1-3,5-9,11,13-14,20,23H,4,10,12,15-17,27H2,(H,28,33)/t20-,23+/m1/s1. The summed E-state index contributed by atoms with van der Waals surface area (Å²) in [5, 5.41) is 7.18. The number of nitrogens with one attached hydrogen (secondary N) is 1. The molecule has 2 heterocycles. The lowest BCUT2D eigenvalue weighted by Gasteiger charge is -2.25. The summed E-state index contributed by atoms with van der Waals surface area (Å²) >= 11 is 0. The van der Waals surface area contributed by atoms with E-state index in [0.29, 0.717) is 25.1 Å². The van der Waals surface area contributed by atoms with Gasteiger partial charge >= 0.3 is 0 Å². The number of benzene rings is 2. The number of halogens is 1. The van der Waals surface area contributed by atoms with Gasteiger partial charge in [0.25, 0.3) is 0 Å². The van der Waals surface area contributed by atoms with Gasteiger partial charge in [-0.3, -0.25) is 9.59 Å². The number of carbonyl (C=O) groups is 2. The molecular formula is C25H28FN5O2. The Morgan fingerprint density at radius 1 is 1.18 bits per heavy atom. The molecule has 0 aliphatic carbocycles. The van der Waals surface area contributed by atoms with Gasteiger partial charge in [0.05, 0.1) is 5.69 Å². The molecule has 0 unspecified atom stereocenters. The van der Waals surface area contributed by atoms with Crippen LogP contribution < -0.4 is 11.1 Å². The Kier molecular flexibility index (Phi) is 7.14. The number of nitrogens with two attached hydrogens (primary N) is 1. The van der Waals surface area contributed by atoms with Gasteiger partial charge in [-0.1, -0.05) is 30.3 Å². The number of hydrogen-bond acceptors (Lipinski definition) is 4. The molecule has 172 valence electrons. The van der Waals surface area contributed by atoms with E-state index in [9.17, 15) is 14.0 Å². The predicted molar refractivity (Wildman–Crippen MR) is 123 cm³/mol. The Morgan fingerprint density at radius 3 is 2.82 bits per heavy atom. The Balaban J connectivity index is 1.32. The fraction of sp³-hybridized carbons (Fsp3) is 0.320. The van der Waals surface area contributed by atoms with E-state index >= 15 is 0 Å². The molecule has 0 bridgehead atoms. The number of rotatable bonds is 8. The van der Waals surface area contributed by atoms with E-state index in [4.69, 9.17) is 5.73 Å². The summed E-state index contributed by atoms with van der Waals surface area (Å²) in [6.45, 7) is 0.886. The highest BCUT2D eigenvalue weighted by Gasteiger charge is 2.34. The van der Waals surface area contributed by atoms with E-state index in [2.05, 4.69) is 10.4 Å².